The third-order valence-electron chi connectivity index (χ3n) is 4.10. The molecule has 0 spiro atoms. The number of thioether (sulfide) groups is 1. The van der Waals surface area contributed by atoms with E-state index in [1.165, 1.54) is 18.2 Å². The van der Waals surface area contributed by atoms with E-state index in [9.17, 15) is 4.79 Å². The van der Waals surface area contributed by atoms with Crippen LogP contribution >= 0.6 is 11.8 Å². The lowest BCUT2D eigenvalue weighted by Crippen LogP contribution is -2.49. The molecule has 24 heavy (non-hydrogen) atoms. The first-order valence-corrected chi connectivity index (χ1v) is 9.35. The number of carbonyl (C=O) groups is 1. The summed E-state index contributed by atoms with van der Waals surface area (Å²) in [6.07, 6.45) is 1.17. The number of amides is 1. The van der Waals surface area contributed by atoms with Gasteiger partial charge in [0.05, 0.1) is 5.75 Å². The molecule has 0 unspecified atom stereocenters. The number of benzene rings is 1. The summed E-state index contributed by atoms with van der Waals surface area (Å²) in [5, 5.41) is 7.74. The van der Waals surface area contributed by atoms with Crippen LogP contribution in [0.5, 0.6) is 0 Å². The number of rotatable bonds is 6. The summed E-state index contributed by atoms with van der Waals surface area (Å²) >= 11 is 1.39. The molecule has 0 saturated carbocycles. The highest BCUT2D eigenvalue weighted by molar-refractivity contribution is 7.99. The topological polar surface area (TPSA) is 65.1 Å². The Bertz CT molecular complexity index is 652. The van der Waals surface area contributed by atoms with Gasteiger partial charge in [0.25, 0.3) is 0 Å². The van der Waals surface area contributed by atoms with Crippen LogP contribution in [-0.4, -0.2) is 69.4 Å². The van der Waals surface area contributed by atoms with Gasteiger partial charge in [0.1, 0.15) is 0 Å². The summed E-state index contributed by atoms with van der Waals surface area (Å²) < 4.78 is 0. The van der Waals surface area contributed by atoms with Gasteiger partial charge < -0.3 is 4.90 Å². The van der Waals surface area contributed by atoms with Gasteiger partial charge in [0.15, 0.2) is 5.82 Å². The third kappa shape index (κ3) is 4.36. The van der Waals surface area contributed by atoms with Gasteiger partial charge in [-0.2, -0.15) is 0 Å². The van der Waals surface area contributed by atoms with Crippen LogP contribution in [0.15, 0.2) is 35.5 Å². The van der Waals surface area contributed by atoms with E-state index in [0.717, 1.165) is 44.1 Å². The summed E-state index contributed by atoms with van der Waals surface area (Å²) in [7, 11) is 0. The zero-order valence-corrected chi connectivity index (χ0v) is 14.8. The molecule has 2 heterocycles. The molecule has 0 bridgehead atoms. The molecule has 7 heteroatoms. The molecule has 1 saturated heterocycles. The first-order chi connectivity index (χ1) is 11.8. The minimum atomic E-state index is 0.169. The summed E-state index contributed by atoms with van der Waals surface area (Å²) in [5.41, 5.74) is 0.996. The molecular formula is C17H23N5OS. The monoisotopic (exact) mass is 345 g/mol. The second-order valence-corrected chi connectivity index (χ2v) is 6.79. The van der Waals surface area contributed by atoms with Gasteiger partial charge in [-0.3, -0.25) is 14.8 Å². The van der Waals surface area contributed by atoms with Crippen LogP contribution in [0.1, 0.15) is 13.3 Å². The van der Waals surface area contributed by atoms with Crippen LogP contribution in [0.25, 0.3) is 11.4 Å². The van der Waals surface area contributed by atoms with Crippen molar-refractivity contribution in [2.24, 2.45) is 0 Å². The lowest BCUT2D eigenvalue weighted by molar-refractivity contribution is -0.130. The Hall–Kier alpha value is -1.86. The van der Waals surface area contributed by atoms with Crippen molar-refractivity contribution in [1.82, 2.24) is 25.0 Å². The zero-order valence-electron chi connectivity index (χ0n) is 13.9. The minimum absolute atomic E-state index is 0.169. The fourth-order valence-electron chi connectivity index (χ4n) is 2.79. The van der Waals surface area contributed by atoms with Crippen molar-refractivity contribution in [3.63, 3.8) is 0 Å². The van der Waals surface area contributed by atoms with Crippen LogP contribution in [0.4, 0.5) is 0 Å². The van der Waals surface area contributed by atoms with Gasteiger partial charge in [0.2, 0.25) is 11.1 Å². The van der Waals surface area contributed by atoms with Crippen molar-refractivity contribution >= 4 is 17.7 Å². The van der Waals surface area contributed by atoms with E-state index in [1.54, 1.807) is 0 Å². The van der Waals surface area contributed by atoms with Crippen molar-refractivity contribution in [2.45, 2.75) is 18.5 Å². The molecule has 1 fully saturated rings. The van der Waals surface area contributed by atoms with Crippen LogP contribution in [0.2, 0.25) is 0 Å². The Labute approximate surface area is 146 Å². The average molecular weight is 345 g/mol. The number of carbonyl (C=O) groups excluding carboxylic acids is 1. The summed E-state index contributed by atoms with van der Waals surface area (Å²) in [6, 6.07) is 9.86. The molecule has 0 radical (unpaired) electrons. The Kier molecular flexibility index (Phi) is 5.87. The fourth-order valence-corrected chi connectivity index (χ4v) is 3.49. The van der Waals surface area contributed by atoms with Gasteiger partial charge >= 0.3 is 0 Å². The lowest BCUT2D eigenvalue weighted by Gasteiger charge is -2.34. The normalized spacial score (nSPS) is 15.6. The van der Waals surface area contributed by atoms with Gasteiger partial charge in [-0.15, -0.1) is 5.10 Å². The Morgan fingerprint density at radius 1 is 1.21 bits per heavy atom. The highest BCUT2D eigenvalue weighted by atomic mass is 32.2. The van der Waals surface area contributed by atoms with E-state index >= 15 is 0 Å². The van der Waals surface area contributed by atoms with E-state index in [2.05, 4.69) is 27.0 Å². The van der Waals surface area contributed by atoms with Crippen LogP contribution < -0.4 is 0 Å². The van der Waals surface area contributed by atoms with Gasteiger partial charge in [-0.05, 0) is 13.0 Å². The Morgan fingerprint density at radius 3 is 2.67 bits per heavy atom. The number of hydrogen-bond donors (Lipinski definition) is 1. The van der Waals surface area contributed by atoms with Gasteiger partial charge in [0, 0.05) is 31.7 Å². The first kappa shape index (κ1) is 17.0. The standard InChI is InChI=1S/C17H23N5OS/c1-2-8-21-9-11-22(12-10-21)15(23)13-24-17-18-16(19-20-17)14-6-4-3-5-7-14/h3-7H,2,8-13H2,1H3,(H,18,19,20). The Morgan fingerprint density at radius 2 is 1.96 bits per heavy atom. The molecule has 3 rings (SSSR count). The molecule has 6 nitrogen and oxygen atoms in total. The van der Waals surface area contributed by atoms with Crippen molar-refractivity contribution in [3.8, 4) is 11.4 Å². The van der Waals surface area contributed by atoms with E-state index in [-0.39, 0.29) is 5.91 Å². The maximum absolute atomic E-state index is 12.3. The summed E-state index contributed by atoms with van der Waals surface area (Å²) in [4.78, 5) is 21.1. The van der Waals surface area contributed by atoms with Crippen molar-refractivity contribution in [3.05, 3.63) is 30.3 Å². The van der Waals surface area contributed by atoms with Gasteiger partial charge in [-0.1, -0.05) is 49.0 Å². The Balaban J connectivity index is 1.48. The number of hydrogen-bond acceptors (Lipinski definition) is 5. The molecule has 1 aliphatic heterocycles. The molecule has 0 aliphatic carbocycles. The largest absolute Gasteiger partial charge is 0.339 e. The molecule has 2 aromatic rings. The number of nitrogens with zero attached hydrogens (tertiary/aromatic N) is 4. The number of aromatic nitrogens is 3. The zero-order chi connectivity index (χ0) is 16.8. The van der Waals surface area contributed by atoms with E-state index < -0.39 is 0 Å². The summed E-state index contributed by atoms with van der Waals surface area (Å²) in [5.74, 6) is 1.29. The molecular weight excluding hydrogens is 322 g/mol. The minimum Gasteiger partial charge on any atom is -0.339 e. The molecule has 1 amide bonds. The van der Waals surface area contributed by atoms with E-state index in [4.69, 9.17) is 0 Å². The highest BCUT2D eigenvalue weighted by Gasteiger charge is 2.21. The van der Waals surface area contributed by atoms with E-state index in [1.807, 2.05) is 35.2 Å². The van der Waals surface area contributed by atoms with E-state index in [0.29, 0.717) is 10.9 Å². The second-order valence-electron chi connectivity index (χ2n) is 5.84. The molecule has 128 valence electrons. The maximum Gasteiger partial charge on any atom is 0.233 e. The van der Waals surface area contributed by atoms with Crippen LogP contribution in [0.3, 0.4) is 0 Å². The third-order valence-corrected chi connectivity index (χ3v) is 4.93. The lowest BCUT2D eigenvalue weighted by atomic mass is 10.2. The second kappa shape index (κ2) is 8.30. The molecule has 1 aromatic heterocycles. The number of nitrogens with one attached hydrogen (secondary N) is 1. The maximum atomic E-state index is 12.3. The van der Waals surface area contributed by atoms with Gasteiger partial charge in [-0.25, -0.2) is 4.98 Å². The molecule has 0 atom stereocenters. The van der Waals surface area contributed by atoms with Crippen molar-refractivity contribution < 1.29 is 4.79 Å². The van der Waals surface area contributed by atoms with Crippen molar-refractivity contribution in [2.75, 3.05) is 38.5 Å². The molecule has 1 N–H and O–H groups in total. The number of aromatic amines is 1. The predicted octanol–water partition coefficient (Wildman–Crippen LogP) is 2.12. The quantitative estimate of drug-likeness (QED) is 0.813. The number of piperazine rings is 1. The molecule has 1 aliphatic rings. The highest BCUT2D eigenvalue weighted by Crippen LogP contribution is 2.19. The van der Waals surface area contributed by atoms with Crippen LogP contribution in [0, 0.1) is 0 Å². The smallest absolute Gasteiger partial charge is 0.233 e. The summed E-state index contributed by atoms with van der Waals surface area (Å²) in [6.45, 7) is 6.91. The predicted molar refractivity (Wildman–Crippen MR) is 95.9 cm³/mol. The van der Waals surface area contributed by atoms with Crippen molar-refractivity contribution in [1.29, 1.82) is 0 Å². The van der Waals surface area contributed by atoms with Crippen LogP contribution in [-0.2, 0) is 4.79 Å². The number of H-pyrrole nitrogens is 1. The first-order valence-electron chi connectivity index (χ1n) is 8.37. The average Bonchev–Trinajstić information content (AvgIpc) is 3.10. The fraction of sp³-hybridized carbons (Fsp3) is 0.471. The SMILES string of the molecule is CCCN1CCN(C(=O)CSc2n[nH]c(-c3ccccc3)n2)CC1. The molecule has 1 aromatic carbocycles.